The van der Waals surface area contributed by atoms with Crippen LogP contribution >= 0.6 is 0 Å². The number of hydrogen-bond donors (Lipinski definition) is 1. The molecule has 2 fully saturated rings. The van der Waals surface area contributed by atoms with E-state index in [1.165, 1.54) is 0 Å². The van der Waals surface area contributed by atoms with E-state index < -0.39 is 12.0 Å². The van der Waals surface area contributed by atoms with E-state index in [0.717, 1.165) is 0 Å². The third-order valence-corrected chi connectivity index (χ3v) is 3.84. The van der Waals surface area contributed by atoms with Crippen LogP contribution in [0.4, 0.5) is 8.78 Å². The van der Waals surface area contributed by atoms with Crippen molar-refractivity contribution in [2.45, 2.75) is 44.6 Å². The Labute approximate surface area is 99.9 Å². The Bertz CT molecular complexity index is 296. The van der Waals surface area contributed by atoms with Crippen molar-refractivity contribution in [3.63, 3.8) is 0 Å². The number of ether oxygens (including phenoxy) is 1. The van der Waals surface area contributed by atoms with Gasteiger partial charge in [0.2, 0.25) is 5.92 Å². The Hall–Kier alpha value is -0.710. The van der Waals surface area contributed by atoms with Gasteiger partial charge in [-0.3, -0.25) is 4.79 Å². The molecule has 17 heavy (non-hydrogen) atoms. The summed E-state index contributed by atoms with van der Waals surface area (Å²) in [5.74, 6) is -2.60. The molecule has 3 nitrogen and oxygen atoms in total. The number of halogens is 2. The molecule has 1 saturated carbocycles. The fourth-order valence-corrected chi connectivity index (χ4v) is 2.93. The van der Waals surface area contributed by atoms with Crippen LogP contribution in [-0.2, 0) is 9.53 Å². The molecule has 2 rings (SSSR count). The quantitative estimate of drug-likeness (QED) is 0.758. The number of carbonyl (C=O) groups is 1. The van der Waals surface area contributed by atoms with Crippen molar-refractivity contribution < 1.29 is 18.3 Å². The zero-order valence-corrected chi connectivity index (χ0v) is 10.0. The highest BCUT2D eigenvalue weighted by atomic mass is 19.3. The van der Waals surface area contributed by atoms with Crippen molar-refractivity contribution in [1.29, 1.82) is 0 Å². The van der Waals surface area contributed by atoms with E-state index in [1.807, 2.05) is 0 Å². The third-order valence-electron chi connectivity index (χ3n) is 3.84. The molecule has 0 radical (unpaired) electrons. The zero-order valence-electron chi connectivity index (χ0n) is 10.0. The van der Waals surface area contributed by atoms with Crippen LogP contribution in [0.15, 0.2) is 0 Å². The number of nitrogens with one attached hydrogen (secondary N) is 1. The second-order valence-electron chi connectivity index (χ2n) is 5.07. The summed E-state index contributed by atoms with van der Waals surface area (Å²) in [6.07, 6.45) is 0.953. The molecule has 0 spiro atoms. The van der Waals surface area contributed by atoms with Gasteiger partial charge in [0.1, 0.15) is 6.04 Å². The summed E-state index contributed by atoms with van der Waals surface area (Å²) in [7, 11) is 0. The Balaban J connectivity index is 1.94. The van der Waals surface area contributed by atoms with Gasteiger partial charge in [-0.2, -0.15) is 0 Å². The van der Waals surface area contributed by atoms with Crippen molar-refractivity contribution in [3.8, 4) is 0 Å². The van der Waals surface area contributed by atoms with E-state index in [9.17, 15) is 13.6 Å². The predicted molar refractivity (Wildman–Crippen MR) is 58.8 cm³/mol. The van der Waals surface area contributed by atoms with Crippen LogP contribution in [-0.4, -0.2) is 31.1 Å². The smallest absolute Gasteiger partial charge is 0.323 e. The summed E-state index contributed by atoms with van der Waals surface area (Å²) in [6.45, 7) is 2.74. The summed E-state index contributed by atoms with van der Waals surface area (Å²) < 4.78 is 31.6. The number of fused-ring (bicyclic) bond motifs is 1. The molecule has 1 N–H and O–H groups in total. The van der Waals surface area contributed by atoms with Gasteiger partial charge >= 0.3 is 5.97 Å². The van der Waals surface area contributed by atoms with E-state index in [0.29, 0.717) is 31.9 Å². The van der Waals surface area contributed by atoms with E-state index in [2.05, 4.69) is 5.32 Å². The summed E-state index contributed by atoms with van der Waals surface area (Å²) in [4.78, 5) is 11.6. The highest BCUT2D eigenvalue weighted by Crippen LogP contribution is 2.43. The molecule has 0 aromatic rings. The summed E-state index contributed by atoms with van der Waals surface area (Å²) in [5, 5.41) is 3.11. The number of carbonyl (C=O) groups excluding carboxylic acids is 1. The minimum atomic E-state index is -2.54. The van der Waals surface area contributed by atoms with E-state index in [-0.39, 0.29) is 24.7 Å². The lowest BCUT2D eigenvalue weighted by Crippen LogP contribution is -2.51. The molecule has 1 aliphatic heterocycles. The maximum atomic E-state index is 13.3. The minimum Gasteiger partial charge on any atom is -0.465 e. The molecule has 0 bridgehead atoms. The van der Waals surface area contributed by atoms with Gasteiger partial charge in [0.05, 0.1) is 6.61 Å². The molecule has 3 atom stereocenters. The molecule has 0 aromatic carbocycles. The largest absolute Gasteiger partial charge is 0.465 e. The summed E-state index contributed by atoms with van der Waals surface area (Å²) >= 11 is 0. The summed E-state index contributed by atoms with van der Waals surface area (Å²) in [5.41, 5.74) is 0. The van der Waals surface area contributed by atoms with Gasteiger partial charge in [-0.05, 0) is 38.1 Å². The molecule has 1 saturated heterocycles. The van der Waals surface area contributed by atoms with Crippen LogP contribution in [0.5, 0.6) is 0 Å². The summed E-state index contributed by atoms with van der Waals surface area (Å²) in [6, 6.07) is -0.398. The second-order valence-corrected chi connectivity index (χ2v) is 5.07. The molecule has 5 heteroatoms. The van der Waals surface area contributed by atoms with Gasteiger partial charge in [-0.1, -0.05) is 0 Å². The predicted octanol–water partition coefficient (Wildman–Crippen LogP) is 1.96. The topological polar surface area (TPSA) is 38.3 Å². The number of esters is 1. The molecule has 0 amide bonds. The number of alkyl halides is 2. The Morgan fingerprint density at radius 1 is 1.47 bits per heavy atom. The van der Waals surface area contributed by atoms with Crippen LogP contribution in [0.25, 0.3) is 0 Å². The monoisotopic (exact) mass is 247 g/mol. The van der Waals surface area contributed by atoms with Crippen LogP contribution in [0, 0.1) is 11.8 Å². The Kier molecular flexibility index (Phi) is 3.66. The maximum Gasteiger partial charge on any atom is 0.323 e. The Morgan fingerprint density at radius 2 is 2.24 bits per heavy atom. The second kappa shape index (κ2) is 4.88. The van der Waals surface area contributed by atoms with Crippen LogP contribution in [0.3, 0.4) is 0 Å². The van der Waals surface area contributed by atoms with E-state index in [4.69, 9.17) is 4.74 Å². The normalized spacial score (nSPS) is 36.1. The van der Waals surface area contributed by atoms with Crippen molar-refractivity contribution in [2.75, 3.05) is 13.2 Å². The average molecular weight is 247 g/mol. The van der Waals surface area contributed by atoms with Gasteiger partial charge in [0, 0.05) is 12.8 Å². The van der Waals surface area contributed by atoms with Crippen molar-refractivity contribution in [3.05, 3.63) is 0 Å². The lowest BCUT2D eigenvalue weighted by atomic mass is 9.72. The first-order valence-corrected chi connectivity index (χ1v) is 6.29. The molecular formula is C12H19F2NO2. The highest BCUT2D eigenvalue weighted by Gasteiger charge is 2.45. The molecular weight excluding hydrogens is 228 g/mol. The zero-order chi connectivity index (χ0) is 12.5. The van der Waals surface area contributed by atoms with Gasteiger partial charge in [0.15, 0.2) is 0 Å². The highest BCUT2D eigenvalue weighted by molar-refractivity contribution is 5.75. The SMILES string of the molecule is CCOC(=O)[C@@H]1C[C@H]2CC(F)(F)CC[C@H]2CN1. The van der Waals surface area contributed by atoms with Crippen LogP contribution in [0.1, 0.15) is 32.6 Å². The lowest BCUT2D eigenvalue weighted by molar-refractivity contribution is -0.149. The van der Waals surface area contributed by atoms with E-state index >= 15 is 0 Å². The Morgan fingerprint density at radius 3 is 2.94 bits per heavy atom. The number of rotatable bonds is 2. The lowest BCUT2D eigenvalue weighted by Gasteiger charge is -2.41. The fraction of sp³-hybridized carbons (Fsp3) is 0.917. The third kappa shape index (κ3) is 2.94. The number of hydrogen-bond acceptors (Lipinski definition) is 3. The molecule has 0 aromatic heterocycles. The first kappa shape index (κ1) is 12.7. The number of piperidine rings is 1. The fourth-order valence-electron chi connectivity index (χ4n) is 2.93. The van der Waals surface area contributed by atoms with E-state index in [1.54, 1.807) is 6.92 Å². The molecule has 1 heterocycles. The molecule has 1 aliphatic carbocycles. The van der Waals surface area contributed by atoms with Gasteiger partial charge in [-0.15, -0.1) is 0 Å². The van der Waals surface area contributed by atoms with Crippen molar-refractivity contribution >= 4 is 5.97 Å². The first-order valence-electron chi connectivity index (χ1n) is 6.29. The van der Waals surface area contributed by atoms with Crippen LogP contribution in [0.2, 0.25) is 0 Å². The van der Waals surface area contributed by atoms with Crippen molar-refractivity contribution in [2.24, 2.45) is 11.8 Å². The molecule has 2 aliphatic rings. The molecule has 0 unspecified atom stereocenters. The van der Waals surface area contributed by atoms with Gasteiger partial charge < -0.3 is 10.1 Å². The van der Waals surface area contributed by atoms with Crippen LogP contribution < -0.4 is 5.32 Å². The molecule has 98 valence electrons. The van der Waals surface area contributed by atoms with Gasteiger partial charge in [0.25, 0.3) is 0 Å². The maximum absolute atomic E-state index is 13.3. The minimum absolute atomic E-state index is 0.0140. The standard InChI is InChI=1S/C12H19F2NO2/c1-2-17-11(16)10-5-9-6-12(13,14)4-3-8(9)7-15-10/h8-10,15H,2-7H2,1H3/t8-,9-,10-/m0/s1. The average Bonchev–Trinajstić information content (AvgIpc) is 2.27. The van der Waals surface area contributed by atoms with Crippen molar-refractivity contribution in [1.82, 2.24) is 5.32 Å². The van der Waals surface area contributed by atoms with Gasteiger partial charge in [-0.25, -0.2) is 8.78 Å². The first-order chi connectivity index (χ1) is 8.02.